The number of carbonyl (C=O) groups is 1. The van der Waals surface area contributed by atoms with Crippen molar-refractivity contribution in [3.63, 3.8) is 0 Å². The molecule has 2 aromatic carbocycles. The summed E-state index contributed by atoms with van der Waals surface area (Å²) in [7, 11) is 0. The molecule has 4 rings (SSSR count). The number of nitrogens with zero attached hydrogens (tertiary/aromatic N) is 2. The van der Waals surface area contributed by atoms with Crippen LogP contribution in [0.4, 0.5) is 11.4 Å². The van der Waals surface area contributed by atoms with Gasteiger partial charge in [-0.25, -0.2) is 0 Å². The smallest absolute Gasteiger partial charge is 0.282 e. The number of nitrogens with one attached hydrogen (secondary N) is 1. The van der Waals surface area contributed by atoms with Crippen molar-refractivity contribution in [2.75, 3.05) is 42.5 Å². The number of quaternary nitrogens is 1. The molecule has 0 bridgehead atoms. The predicted octanol–water partition coefficient (Wildman–Crippen LogP) is 1.99. The van der Waals surface area contributed by atoms with E-state index in [0.717, 1.165) is 38.3 Å². The van der Waals surface area contributed by atoms with Gasteiger partial charge in [-0.05, 0) is 56.0 Å². The van der Waals surface area contributed by atoms with Gasteiger partial charge in [0.2, 0.25) is 0 Å². The molecule has 2 heterocycles. The lowest BCUT2D eigenvalue weighted by atomic mass is 10.1. The van der Waals surface area contributed by atoms with E-state index < -0.39 is 0 Å². The standard InChI is InChI=1S/C23H29N3O/c1-17-7-6-10-21(19(17)3)25-13-11-24(12-14-25)16-23(27)26-18(2)15-20-8-4-5-9-22(20)26/h4-10,18H,11-16H2,1-3H3/p+1/t18-/m1/s1. The van der Waals surface area contributed by atoms with Crippen molar-refractivity contribution in [1.29, 1.82) is 0 Å². The Labute approximate surface area is 162 Å². The lowest BCUT2D eigenvalue weighted by molar-refractivity contribution is -0.892. The normalized spacial score (nSPS) is 20.0. The first-order valence-electron chi connectivity index (χ1n) is 10.1. The molecule has 1 saturated heterocycles. The molecule has 2 aromatic rings. The van der Waals surface area contributed by atoms with Crippen LogP contribution in [0.5, 0.6) is 0 Å². The van der Waals surface area contributed by atoms with Crippen LogP contribution in [0.1, 0.15) is 23.6 Å². The van der Waals surface area contributed by atoms with E-state index >= 15 is 0 Å². The van der Waals surface area contributed by atoms with E-state index in [-0.39, 0.29) is 11.9 Å². The first kappa shape index (κ1) is 18.1. The fraction of sp³-hybridized carbons (Fsp3) is 0.435. The highest BCUT2D eigenvalue weighted by molar-refractivity contribution is 5.96. The maximum absolute atomic E-state index is 13.0. The van der Waals surface area contributed by atoms with Gasteiger partial charge in [-0.2, -0.15) is 0 Å². The average molecular weight is 365 g/mol. The van der Waals surface area contributed by atoms with E-state index in [1.807, 2.05) is 11.0 Å². The maximum Gasteiger partial charge on any atom is 0.282 e. The van der Waals surface area contributed by atoms with Crippen molar-refractivity contribution in [2.45, 2.75) is 33.2 Å². The molecule has 0 spiro atoms. The molecule has 1 amide bonds. The Kier molecular flexibility index (Phi) is 4.92. The number of anilines is 2. The minimum Gasteiger partial charge on any atom is -0.360 e. The molecular weight excluding hydrogens is 334 g/mol. The van der Waals surface area contributed by atoms with Crippen molar-refractivity contribution in [2.24, 2.45) is 0 Å². The lowest BCUT2D eigenvalue weighted by Crippen LogP contribution is -3.16. The summed E-state index contributed by atoms with van der Waals surface area (Å²) < 4.78 is 0. The Morgan fingerprint density at radius 3 is 2.52 bits per heavy atom. The summed E-state index contributed by atoms with van der Waals surface area (Å²) in [5.74, 6) is 0.266. The fourth-order valence-corrected chi connectivity index (χ4v) is 4.56. The van der Waals surface area contributed by atoms with Gasteiger partial charge in [-0.3, -0.25) is 4.79 Å². The molecule has 1 fully saturated rings. The SMILES string of the molecule is Cc1cccc(N2CC[NH+](CC(=O)N3c4ccccc4C[C@H]3C)CC2)c1C. The minimum absolute atomic E-state index is 0.266. The number of aryl methyl sites for hydroxylation is 1. The summed E-state index contributed by atoms with van der Waals surface area (Å²) in [6, 6.07) is 15.1. The summed E-state index contributed by atoms with van der Waals surface area (Å²) in [6.07, 6.45) is 0.970. The van der Waals surface area contributed by atoms with Crippen LogP contribution in [-0.4, -0.2) is 44.7 Å². The fourth-order valence-electron chi connectivity index (χ4n) is 4.56. The Morgan fingerprint density at radius 2 is 1.74 bits per heavy atom. The number of hydrogen-bond donors (Lipinski definition) is 1. The minimum atomic E-state index is 0.266. The number of rotatable bonds is 3. The van der Waals surface area contributed by atoms with E-state index in [1.165, 1.54) is 27.3 Å². The van der Waals surface area contributed by atoms with Gasteiger partial charge >= 0.3 is 0 Å². The van der Waals surface area contributed by atoms with E-state index in [4.69, 9.17) is 0 Å². The zero-order valence-corrected chi connectivity index (χ0v) is 16.7. The molecular formula is C23H30N3O+. The summed E-state index contributed by atoms with van der Waals surface area (Å²) in [6.45, 7) is 11.2. The summed E-state index contributed by atoms with van der Waals surface area (Å²) in [5, 5.41) is 0. The van der Waals surface area contributed by atoms with Crippen LogP contribution in [0.25, 0.3) is 0 Å². The Morgan fingerprint density at radius 1 is 1.04 bits per heavy atom. The molecule has 1 N–H and O–H groups in total. The van der Waals surface area contributed by atoms with Crippen molar-refractivity contribution in [1.82, 2.24) is 0 Å². The summed E-state index contributed by atoms with van der Waals surface area (Å²) in [4.78, 5) is 18.9. The van der Waals surface area contributed by atoms with Gasteiger partial charge in [-0.1, -0.05) is 30.3 Å². The van der Waals surface area contributed by atoms with Gasteiger partial charge in [-0.15, -0.1) is 0 Å². The molecule has 4 nitrogen and oxygen atoms in total. The Hall–Kier alpha value is -2.33. The van der Waals surface area contributed by atoms with Crippen molar-refractivity contribution < 1.29 is 9.69 Å². The Balaban J connectivity index is 1.38. The third kappa shape index (κ3) is 3.46. The Bertz CT molecular complexity index is 839. The third-order valence-electron chi connectivity index (χ3n) is 6.26. The van der Waals surface area contributed by atoms with Gasteiger partial charge in [0.25, 0.3) is 5.91 Å². The van der Waals surface area contributed by atoms with Crippen molar-refractivity contribution >= 4 is 17.3 Å². The number of amides is 1. The second-order valence-electron chi connectivity index (χ2n) is 8.08. The molecule has 0 radical (unpaired) electrons. The number of para-hydroxylation sites is 1. The van der Waals surface area contributed by atoms with Crippen LogP contribution < -0.4 is 14.7 Å². The quantitative estimate of drug-likeness (QED) is 0.902. The highest BCUT2D eigenvalue weighted by Crippen LogP contribution is 2.31. The number of hydrogen-bond acceptors (Lipinski definition) is 2. The van der Waals surface area contributed by atoms with Gasteiger partial charge in [0.15, 0.2) is 6.54 Å². The largest absolute Gasteiger partial charge is 0.360 e. The average Bonchev–Trinajstić information content (AvgIpc) is 3.00. The molecule has 2 aliphatic heterocycles. The molecule has 27 heavy (non-hydrogen) atoms. The first-order chi connectivity index (χ1) is 13.0. The number of benzene rings is 2. The number of fused-ring (bicyclic) bond motifs is 1. The molecule has 0 aliphatic carbocycles. The van der Waals surface area contributed by atoms with Crippen molar-refractivity contribution in [3.8, 4) is 0 Å². The molecule has 0 aromatic heterocycles. The zero-order chi connectivity index (χ0) is 19.0. The highest BCUT2D eigenvalue weighted by atomic mass is 16.2. The van der Waals surface area contributed by atoms with E-state index in [0.29, 0.717) is 6.54 Å². The number of carbonyl (C=O) groups excluding carboxylic acids is 1. The molecule has 0 unspecified atom stereocenters. The van der Waals surface area contributed by atoms with Crippen LogP contribution >= 0.6 is 0 Å². The predicted molar refractivity (Wildman–Crippen MR) is 111 cm³/mol. The highest BCUT2D eigenvalue weighted by Gasteiger charge is 2.33. The molecule has 4 heteroatoms. The van der Waals surface area contributed by atoms with Crippen LogP contribution in [0.3, 0.4) is 0 Å². The van der Waals surface area contributed by atoms with Crippen LogP contribution in [0.2, 0.25) is 0 Å². The lowest BCUT2D eigenvalue weighted by Gasteiger charge is -2.35. The van der Waals surface area contributed by atoms with Gasteiger partial charge < -0.3 is 14.7 Å². The topological polar surface area (TPSA) is 28.0 Å². The molecule has 142 valence electrons. The van der Waals surface area contributed by atoms with Gasteiger partial charge in [0.05, 0.1) is 26.2 Å². The molecule has 2 aliphatic rings. The summed E-state index contributed by atoms with van der Waals surface area (Å²) in [5.41, 5.74) is 6.48. The second-order valence-corrected chi connectivity index (χ2v) is 8.08. The van der Waals surface area contributed by atoms with Crippen molar-refractivity contribution in [3.05, 3.63) is 59.2 Å². The zero-order valence-electron chi connectivity index (χ0n) is 16.7. The maximum atomic E-state index is 13.0. The monoisotopic (exact) mass is 364 g/mol. The van der Waals surface area contributed by atoms with E-state index in [2.05, 4.69) is 62.1 Å². The van der Waals surface area contributed by atoms with Crippen LogP contribution in [0, 0.1) is 13.8 Å². The summed E-state index contributed by atoms with van der Waals surface area (Å²) >= 11 is 0. The molecule has 1 atom stereocenters. The van der Waals surface area contributed by atoms with Gasteiger partial charge in [0.1, 0.15) is 0 Å². The second kappa shape index (κ2) is 7.35. The molecule has 0 saturated carbocycles. The third-order valence-corrected chi connectivity index (χ3v) is 6.26. The van der Waals surface area contributed by atoms with Crippen LogP contribution in [-0.2, 0) is 11.2 Å². The van der Waals surface area contributed by atoms with Crippen LogP contribution in [0.15, 0.2) is 42.5 Å². The number of piperazine rings is 1. The van der Waals surface area contributed by atoms with E-state index in [9.17, 15) is 4.79 Å². The first-order valence-corrected chi connectivity index (χ1v) is 10.1. The van der Waals surface area contributed by atoms with Gasteiger partial charge in [0, 0.05) is 17.4 Å². The van der Waals surface area contributed by atoms with E-state index in [1.54, 1.807) is 0 Å².